The summed E-state index contributed by atoms with van der Waals surface area (Å²) in [5.41, 5.74) is -0.195. The molecule has 0 unspecified atom stereocenters. The largest absolute Gasteiger partial charge is 0.390 e. The Bertz CT molecular complexity index is 379. The molecule has 0 aromatic carbocycles. The zero-order chi connectivity index (χ0) is 10.3. The fourth-order valence-electron chi connectivity index (χ4n) is 1.28. The van der Waals surface area contributed by atoms with Crippen LogP contribution >= 0.6 is 23.2 Å². The van der Waals surface area contributed by atoms with Crippen LogP contribution in [0.1, 0.15) is 18.4 Å². The molecule has 0 saturated heterocycles. The molecule has 0 aliphatic heterocycles. The number of aliphatic hydroxyl groups is 1. The van der Waals surface area contributed by atoms with Crippen molar-refractivity contribution in [2.45, 2.75) is 24.9 Å². The van der Waals surface area contributed by atoms with Gasteiger partial charge in [-0.15, -0.1) is 0 Å². The average Bonchev–Trinajstić information content (AvgIpc) is 2.80. The van der Waals surface area contributed by atoms with E-state index in [0.29, 0.717) is 12.0 Å². The van der Waals surface area contributed by atoms with E-state index in [1.165, 1.54) is 6.07 Å². The molecule has 0 bridgehead atoms. The zero-order valence-electron chi connectivity index (χ0n) is 7.23. The molecule has 76 valence electrons. The molecule has 0 atom stereocenters. The van der Waals surface area contributed by atoms with Gasteiger partial charge in [-0.25, -0.2) is 9.37 Å². The van der Waals surface area contributed by atoms with Crippen molar-refractivity contribution in [2.24, 2.45) is 0 Å². The van der Waals surface area contributed by atoms with Gasteiger partial charge >= 0.3 is 0 Å². The summed E-state index contributed by atoms with van der Waals surface area (Å²) in [7, 11) is 0. The Labute approximate surface area is 90.7 Å². The Morgan fingerprint density at radius 2 is 2.07 bits per heavy atom. The van der Waals surface area contributed by atoms with Gasteiger partial charge < -0.3 is 5.11 Å². The number of halogens is 3. The van der Waals surface area contributed by atoms with Crippen LogP contribution in [0.25, 0.3) is 0 Å². The Kier molecular flexibility index (Phi) is 2.41. The number of nitrogens with zero attached hydrogens (tertiary/aromatic N) is 1. The number of hydrogen-bond donors (Lipinski definition) is 1. The van der Waals surface area contributed by atoms with Crippen LogP contribution in [0.2, 0.25) is 10.3 Å². The van der Waals surface area contributed by atoms with Crippen LogP contribution < -0.4 is 0 Å². The molecule has 0 amide bonds. The maximum Gasteiger partial charge on any atom is 0.166 e. The van der Waals surface area contributed by atoms with Crippen LogP contribution in [0, 0.1) is 5.82 Å². The van der Waals surface area contributed by atoms with Gasteiger partial charge in [0.1, 0.15) is 5.15 Å². The van der Waals surface area contributed by atoms with Crippen LogP contribution in [0.4, 0.5) is 4.39 Å². The smallest absolute Gasteiger partial charge is 0.166 e. The summed E-state index contributed by atoms with van der Waals surface area (Å²) in [6.45, 7) is 0. The lowest BCUT2D eigenvalue weighted by molar-refractivity contribution is 0.151. The van der Waals surface area contributed by atoms with Crippen molar-refractivity contribution >= 4 is 23.2 Å². The van der Waals surface area contributed by atoms with E-state index in [0.717, 1.165) is 12.8 Å². The molecule has 0 radical (unpaired) electrons. The van der Waals surface area contributed by atoms with Gasteiger partial charge in [0.05, 0.1) is 5.60 Å². The summed E-state index contributed by atoms with van der Waals surface area (Å²) in [4.78, 5) is 3.63. The van der Waals surface area contributed by atoms with E-state index in [1.807, 2.05) is 0 Å². The van der Waals surface area contributed by atoms with E-state index >= 15 is 0 Å². The van der Waals surface area contributed by atoms with Crippen molar-refractivity contribution in [1.29, 1.82) is 0 Å². The van der Waals surface area contributed by atoms with Gasteiger partial charge in [-0.2, -0.15) is 0 Å². The number of rotatable bonds is 2. The minimum atomic E-state index is -0.703. The molecular weight excluding hydrogens is 228 g/mol. The van der Waals surface area contributed by atoms with Crippen molar-refractivity contribution in [3.05, 3.63) is 27.8 Å². The molecule has 1 aliphatic carbocycles. The summed E-state index contributed by atoms with van der Waals surface area (Å²) in [5, 5.41) is 9.55. The number of aromatic nitrogens is 1. The van der Waals surface area contributed by atoms with Gasteiger partial charge in [-0.1, -0.05) is 23.2 Å². The second-order valence-electron chi connectivity index (χ2n) is 3.61. The molecule has 0 spiro atoms. The van der Waals surface area contributed by atoms with Gasteiger partial charge in [-0.05, 0) is 24.5 Å². The lowest BCUT2D eigenvalue weighted by atomic mass is 10.1. The van der Waals surface area contributed by atoms with Gasteiger partial charge in [0.25, 0.3) is 0 Å². The van der Waals surface area contributed by atoms with E-state index in [1.54, 1.807) is 0 Å². The van der Waals surface area contributed by atoms with Crippen molar-refractivity contribution in [2.75, 3.05) is 0 Å². The molecule has 1 saturated carbocycles. The molecule has 1 aromatic heterocycles. The van der Waals surface area contributed by atoms with Gasteiger partial charge in [0.2, 0.25) is 0 Å². The highest BCUT2D eigenvalue weighted by Gasteiger charge is 2.40. The van der Waals surface area contributed by atoms with Crippen molar-refractivity contribution in [3.8, 4) is 0 Å². The van der Waals surface area contributed by atoms with Crippen molar-refractivity contribution in [1.82, 2.24) is 4.98 Å². The summed E-state index contributed by atoms with van der Waals surface area (Å²) in [6.07, 6.45) is 1.80. The van der Waals surface area contributed by atoms with Crippen LogP contribution in [-0.4, -0.2) is 15.7 Å². The third-order valence-corrected chi connectivity index (χ3v) is 2.90. The lowest BCUT2D eigenvalue weighted by Gasteiger charge is -2.09. The topological polar surface area (TPSA) is 33.1 Å². The van der Waals surface area contributed by atoms with Crippen LogP contribution in [0.5, 0.6) is 0 Å². The molecule has 14 heavy (non-hydrogen) atoms. The Morgan fingerprint density at radius 1 is 1.43 bits per heavy atom. The Balaban J connectivity index is 2.29. The Hall–Kier alpha value is -0.380. The standard InChI is InChI=1S/C9H8Cl2FNO/c10-7-5(4-9(14)1-2-9)3-6(12)8(11)13-7/h3,14H,1-2,4H2. The van der Waals surface area contributed by atoms with E-state index in [4.69, 9.17) is 23.2 Å². The summed E-state index contributed by atoms with van der Waals surface area (Å²) in [5.74, 6) is -0.602. The molecule has 1 heterocycles. The van der Waals surface area contributed by atoms with Crippen molar-refractivity contribution < 1.29 is 9.50 Å². The van der Waals surface area contributed by atoms with Crippen LogP contribution in [0.3, 0.4) is 0 Å². The molecule has 5 heteroatoms. The van der Waals surface area contributed by atoms with E-state index < -0.39 is 11.4 Å². The molecule has 2 rings (SSSR count). The number of hydrogen-bond acceptors (Lipinski definition) is 2. The minimum Gasteiger partial charge on any atom is -0.390 e. The Morgan fingerprint density at radius 3 is 2.64 bits per heavy atom. The van der Waals surface area contributed by atoms with Crippen molar-refractivity contribution in [3.63, 3.8) is 0 Å². The highest BCUT2D eigenvalue weighted by atomic mass is 35.5. The first kappa shape index (κ1) is 10.1. The summed E-state index contributed by atoms with van der Waals surface area (Å²) < 4.78 is 13.0. The summed E-state index contributed by atoms with van der Waals surface area (Å²) >= 11 is 11.2. The molecule has 2 nitrogen and oxygen atoms in total. The van der Waals surface area contributed by atoms with Crippen LogP contribution in [0.15, 0.2) is 6.07 Å². The molecular formula is C9H8Cl2FNO. The monoisotopic (exact) mass is 235 g/mol. The van der Waals surface area contributed by atoms with Gasteiger partial charge in [0.15, 0.2) is 11.0 Å². The third kappa shape index (κ3) is 2.00. The second kappa shape index (κ2) is 3.33. The molecule has 1 N–H and O–H groups in total. The van der Waals surface area contributed by atoms with Gasteiger partial charge in [-0.3, -0.25) is 0 Å². The normalized spacial score (nSPS) is 18.3. The summed E-state index contributed by atoms with van der Waals surface area (Å²) in [6, 6.07) is 1.23. The molecule has 1 aromatic rings. The van der Waals surface area contributed by atoms with E-state index in [-0.39, 0.29) is 10.3 Å². The predicted molar refractivity (Wildman–Crippen MR) is 52.1 cm³/mol. The maximum absolute atomic E-state index is 13.0. The first-order valence-corrected chi connectivity index (χ1v) is 4.99. The fourth-order valence-corrected chi connectivity index (χ4v) is 1.67. The third-order valence-electron chi connectivity index (χ3n) is 2.31. The average molecular weight is 236 g/mol. The number of pyridine rings is 1. The fraction of sp³-hybridized carbons (Fsp3) is 0.444. The molecule has 1 fully saturated rings. The quantitative estimate of drug-likeness (QED) is 0.800. The van der Waals surface area contributed by atoms with E-state index in [2.05, 4.69) is 4.98 Å². The van der Waals surface area contributed by atoms with Crippen LogP contribution in [-0.2, 0) is 6.42 Å². The molecule has 1 aliphatic rings. The SMILES string of the molecule is OC1(Cc2cc(F)c(Cl)nc2Cl)CC1. The second-order valence-corrected chi connectivity index (χ2v) is 4.33. The zero-order valence-corrected chi connectivity index (χ0v) is 8.74. The highest BCUT2D eigenvalue weighted by Crippen LogP contribution is 2.39. The predicted octanol–water partition coefficient (Wildman–Crippen LogP) is 2.59. The highest BCUT2D eigenvalue weighted by molar-refractivity contribution is 6.32. The first-order chi connectivity index (χ1) is 6.50. The first-order valence-electron chi connectivity index (χ1n) is 4.23. The maximum atomic E-state index is 13.0. The lowest BCUT2D eigenvalue weighted by Crippen LogP contribution is -2.11. The minimum absolute atomic E-state index is 0.164. The van der Waals surface area contributed by atoms with Gasteiger partial charge in [0, 0.05) is 6.42 Å². The van der Waals surface area contributed by atoms with E-state index in [9.17, 15) is 9.50 Å².